The highest BCUT2D eigenvalue weighted by Crippen LogP contribution is 2.30. The molecule has 0 unspecified atom stereocenters. The van der Waals surface area contributed by atoms with Gasteiger partial charge in [0.2, 0.25) is 0 Å². The summed E-state index contributed by atoms with van der Waals surface area (Å²) in [7, 11) is -4.13. The summed E-state index contributed by atoms with van der Waals surface area (Å²) in [4.78, 5) is 27.4. The largest absolute Gasteiger partial charge is 0.490 e. The quantitative estimate of drug-likeness (QED) is 0.431. The number of nitrogens with zero attached hydrogens (tertiary/aromatic N) is 2. The van der Waals surface area contributed by atoms with Crippen molar-refractivity contribution in [2.75, 3.05) is 13.2 Å². The minimum absolute atomic E-state index is 0.0666. The number of aryl methyl sites for hydroxylation is 1. The first-order valence-corrected chi connectivity index (χ1v) is 12.0. The van der Waals surface area contributed by atoms with Crippen LogP contribution >= 0.6 is 0 Å². The fourth-order valence-corrected chi connectivity index (χ4v) is 4.05. The molecule has 0 aliphatic carbocycles. The molecule has 1 amide bonds. The number of amides is 1. The van der Waals surface area contributed by atoms with Crippen LogP contribution in [0.5, 0.6) is 11.5 Å². The van der Waals surface area contributed by atoms with E-state index in [9.17, 15) is 18.0 Å². The van der Waals surface area contributed by atoms with Crippen LogP contribution in [0.15, 0.2) is 52.2 Å². The number of carbonyl (C=O) groups excluding carboxylic acids is 1. The Hall–Kier alpha value is -3.44. The van der Waals surface area contributed by atoms with Crippen LogP contribution in [-0.4, -0.2) is 37.3 Å². The minimum Gasteiger partial charge on any atom is -0.490 e. The van der Waals surface area contributed by atoms with Gasteiger partial charge in [-0.25, -0.2) is 13.1 Å². The van der Waals surface area contributed by atoms with E-state index in [4.69, 9.17) is 9.47 Å². The highest BCUT2D eigenvalue weighted by Gasteiger charge is 2.21. The summed E-state index contributed by atoms with van der Waals surface area (Å²) >= 11 is 0. The third-order valence-electron chi connectivity index (χ3n) is 4.64. The zero-order valence-corrected chi connectivity index (χ0v) is 19.4. The van der Waals surface area contributed by atoms with E-state index in [2.05, 4.69) is 15.4 Å². The Morgan fingerprint density at radius 2 is 1.67 bits per heavy atom. The van der Waals surface area contributed by atoms with Gasteiger partial charge in [0.1, 0.15) is 0 Å². The smallest absolute Gasteiger partial charge is 0.287 e. The van der Waals surface area contributed by atoms with Crippen molar-refractivity contribution in [3.63, 3.8) is 0 Å². The maximum absolute atomic E-state index is 12.9. The summed E-state index contributed by atoms with van der Waals surface area (Å²) in [6.45, 7) is 6.48. The molecule has 0 saturated heterocycles. The van der Waals surface area contributed by atoms with Crippen LogP contribution in [0.25, 0.3) is 10.8 Å². The molecule has 0 bridgehead atoms. The zero-order chi connectivity index (χ0) is 24.0. The fourth-order valence-electron chi connectivity index (χ4n) is 3.20. The Bertz CT molecular complexity index is 1320. The lowest BCUT2D eigenvalue weighted by atomic mass is 10.1. The summed E-state index contributed by atoms with van der Waals surface area (Å²) in [6.07, 6.45) is 0.638. The first kappa shape index (κ1) is 24.2. The van der Waals surface area contributed by atoms with Crippen LogP contribution < -0.4 is 25.3 Å². The summed E-state index contributed by atoms with van der Waals surface area (Å²) in [6, 6.07) is 10.7. The molecule has 1 heterocycles. The Balaban J connectivity index is 1.89. The van der Waals surface area contributed by atoms with Gasteiger partial charge in [0, 0.05) is 18.0 Å². The van der Waals surface area contributed by atoms with E-state index < -0.39 is 15.9 Å². The van der Waals surface area contributed by atoms with Gasteiger partial charge in [-0.15, -0.1) is 4.83 Å². The normalized spacial score (nSPS) is 11.4. The molecule has 176 valence electrons. The van der Waals surface area contributed by atoms with Crippen molar-refractivity contribution in [1.29, 1.82) is 0 Å². The minimum atomic E-state index is -4.13. The number of sulfonamides is 1. The maximum Gasteiger partial charge on any atom is 0.287 e. The molecule has 0 aliphatic heterocycles. The van der Waals surface area contributed by atoms with Gasteiger partial charge in [0.25, 0.3) is 21.5 Å². The molecule has 33 heavy (non-hydrogen) atoms. The topological polar surface area (TPSA) is 129 Å². The zero-order valence-electron chi connectivity index (χ0n) is 18.6. The number of hydrogen-bond acceptors (Lipinski definition) is 7. The second-order valence-electron chi connectivity index (χ2n) is 6.96. The Morgan fingerprint density at radius 1 is 1.00 bits per heavy atom. The van der Waals surface area contributed by atoms with Crippen molar-refractivity contribution in [3.8, 4) is 11.5 Å². The van der Waals surface area contributed by atoms with Crippen LogP contribution in [0.2, 0.25) is 0 Å². The SMILES string of the molecule is CCCn1nc(C(=O)NNS(=O)(=O)c2ccc(OCC)c(OCC)c2)c2ccccc2c1=O. The molecule has 0 fully saturated rings. The molecule has 0 atom stereocenters. The summed E-state index contributed by atoms with van der Waals surface area (Å²) < 4.78 is 37.7. The molecule has 11 heteroatoms. The standard InChI is InChI=1S/C22H26N4O6S/c1-4-13-26-22(28)17-10-8-7-9-16(17)20(24-26)21(27)23-25-33(29,30)15-11-12-18(31-5-2)19(14-15)32-6-3/h7-12,14,25H,4-6,13H2,1-3H3,(H,23,27). The predicted octanol–water partition coefficient (Wildman–Crippen LogP) is 2.23. The lowest BCUT2D eigenvalue weighted by Gasteiger charge is -2.14. The van der Waals surface area contributed by atoms with Gasteiger partial charge in [0.15, 0.2) is 17.2 Å². The number of benzene rings is 2. The van der Waals surface area contributed by atoms with Gasteiger partial charge >= 0.3 is 0 Å². The molecule has 0 aliphatic rings. The van der Waals surface area contributed by atoms with Gasteiger partial charge < -0.3 is 9.47 Å². The molecular formula is C22H26N4O6S. The fraction of sp³-hybridized carbons (Fsp3) is 0.318. The van der Waals surface area contributed by atoms with Crippen LogP contribution in [-0.2, 0) is 16.6 Å². The van der Waals surface area contributed by atoms with Gasteiger partial charge in [-0.2, -0.15) is 5.10 Å². The number of fused-ring (bicyclic) bond motifs is 1. The molecule has 2 N–H and O–H groups in total. The first-order chi connectivity index (χ1) is 15.8. The molecular weight excluding hydrogens is 448 g/mol. The number of ether oxygens (including phenoxy) is 2. The highest BCUT2D eigenvalue weighted by molar-refractivity contribution is 7.89. The van der Waals surface area contributed by atoms with Gasteiger partial charge in [-0.05, 0) is 38.5 Å². The molecule has 3 rings (SSSR count). The van der Waals surface area contributed by atoms with Crippen LogP contribution in [0.1, 0.15) is 37.7 Å². The third-order valence-corrected chi connectivity index (χ3v) is 5.89. The Labute approximate surface area is 191 Å². The predicted molar refractivity (Wildman–Crippen MR) is 123 cm³/mol. The van der Waals surface area contributed by atoms with E-state index in [0.717, 1.165) is 0 Å². The van der Waals surface area contributed by atoms with Crippen molar-refractivity contribution in [1.82, 2.24) is 20.0 Å². The molecule has 0 radical (unpaired) electrons. The molecule has 0 spiro atoms. The Morgan fingerprint density at radius 3 is 2.33 bits per heavy atom. The number of hydrazine groups is 1. The van der Waals surface area contributed by atoms with Crippen LogP contribution in [0, 0.1) is 0 Å². The molecule has 1 aromatic heterocycles. The van der Waals surface area contributed by atoms with E-state index in [-0.39, 0.29) is 21.9 Å². The van der Waals surface area contributed by atoms with Gasteiger partial charge in [-0.1, -0.05) is 25.1 Å². The lowest BCUT2D eigenvalue weighted by Crippen LogP contribution is -2.42. The highest BCUT2D eigenvalue weighted by atomic mass is 32.2. The summed E-state index contributed by atoms with van der Waals surface area (Å²) in [5.74, 6) is -0.111. The van der Waals surface area contributed by atoms with Gasteiger partial charge in [0.05, 0.1) is 23.5 Å². The summed E-state index contributed by atoms with van der Waals surface area (Å²) in [5.41, 5.74) is 1.80. The van der Waals surface area contributed by atoms with Crippen molar-refractivity contribution in [2.24, 2.45) is 0 Å². The van der Waals surface area contributed by atoms with Crippen molar-refractivity contribution in [2.45, 2.75) is 38.6 Å². The number of rotatable bonds is 10. The number of aromatic nitrogens is 2. The molecule has 10 nitrogen and oxygen atoms in total. The third kappa shape index (κ3) is 5.32. The van der Waals surface area contributed by atoms with E-state index in [1.807, 2.05) is 6.92 Å². The average molecular weight is 475 g/mol. The number of nitrogens with one attached hydrogen (secondary N) is 2. The summed E-state index contributed by atoms with van der Waals surface area (Å²) in [5, 5.41) is 4.80. The monoisotopic (exact) mass is 474 g/mol. The molecule has 3 aromatic rings. The van der Waals surface area contributed by atoms with Gasteiger partial charge in [-0.3, -0.25) is 15.0 Å². The van der Waals surface area contributed by atoms with E-state index in [1.54, 1.807) is 38.1 Å². The second kappa shape index (κ2) is 10.5. The molecule has 2 aromatic carbocycles. The maximum atomic E-state index is 12.9. The van der Waals surface area contributed by atoms with Crippen molar-refractivity contribution >= 4 is 26.7 Å². The second-order valence-corrected chi connectivity index (χ2v) is 8.64. The Kier molecular flexibility index (Phi) is 7.67. The number of hydrogen-bond donors (Lipinski definition) is 2. The van der Waals surface area contributed by atoms with Crippen molar-refractivity contribution in [3.05, 3.63) is 58.5 Å². The lowest BCUT2D eigenvalue weighted by molar-refractivity contribution is 0.0939. The van der Waals surface area contributed by atoms with E-state index >= 15 is 0 Å². The van der Waals surface area contributed by atoms with Crippen molar-refractivity contribution < 1.29 is 22.7 Å². The number of carbonyl (C=O) groups is 1. The van der Waals surface area contributed by atoms with Crippen LogP contribution in [0.3, 0.4) is 0 Å². The van der Waals surface area contributed by atoms with Crippen LogP contribution in [0.4, 0.5) is 0 Å². The average Bonchev–Trinajstić information content (AvgIpc) is 2.81. The molecule has 0 saturated carbocycles. The first-order valence-electron chi connectivity index (χ1n) is 10.5. The van der Waals surface area contributed by atoms with E-state index in [1.165, 1.54) is 22.9 Å². The van der Waals surface area contributed by atoms with E-state index in [0.29, 0.717) is 42.7 Å².